The lowest BCUT2D eigenvalue weighted by molar-refractivity contribution is 0.583. The number of aromatic nitrogens is 2. The maximum absolute atomic E-state index is 12.7. The van der Waals surface area contributed by atoms with Crippen molar-refractivity contribution in [3.8, 4) is 11.3 Å². The molecule has 0 saturated carbocycles. The van der Waals surface area contributed by atoms with E-state index in [4.69, 9.17) is 0 Å². The minimum atomic E-state index is -0.456. The van der Waals surface area contributed by atoms with Crippen molar-refractivity contribution in [2.75, 3.05) is 0 Å². The highest BCUT2D eigenvalue weighted by Gasteiger charge is 2.03. The van der Waals surface area contributed by atoms with E-state index in [-0.39, 0.29) is 0 Å². The van der Waals surface area contributed by atoms with Crippen LogP contribution < -0.4 is 0 Å². The third kappa shape index (κ3) is 1.62. The molecule has 0 fully saturated rings. The molecule has 70 valence electrons. The number of halogens is 1. The average molecular weight is 188 g/mol. The molecule has 3 heteroatoms. The van der Waals surface area contributed by atoms with Gasteiger partial charge in [-0.15, -0.1) is 0 Å². The quantitative estimate of drug-likeness (QED) is 0.643. The standard InChI is InChI=1S/C11H9FN2/c1-8-6-11(12)14-7-9(8)10-4-2-3-5-13-10/h2-7H,1H3. The fourth-order valence-corrected chi connectivity index (χ4v) is 1.31. The van der Waals surface area contributed by atoms with Crippen molar-refractivity contribution >= 4 is 0 Å². The summed E-state index contributed by atoms with van der Waals surface area (Å²) in [7, 11) is 0. The van der Waals surface area contributed by atoms with Crippen molar-refractivity contribution in [1.82, 2.24) is 9.97 Å². The minimum Gasteiger partial charge on any atom is -0.256 e. The van der Waals surface area contributed by atoms with Gasteiger partial charge in [-0.05, 0) is 30.7 Å². The first kappa shape index (κ1) is 8.81. The van der Waals surface area contributed by atoms with Gasteiger partial charge in [-0.2, -0.15) is 4.39 Å². The van der Waals surface area contributed by atoms with Crippen molar-refractivity contribution in [2.24, 2.45) is 0 Å². The Hall–Kier alpha value is -1.77. The molecule has 14 heavy (non-hydrogen) atoms. The zero-order valence-electron chi connectivity index (χ0n) is 7.74. The Morgan fingerprint density at radius 1 is 1.21 bits per heavy atom. The second-order valence-electron chi connectivity index (χ2n) is 3.04. The van der Waals surface area contributed by atoms with Crippen LogP contribution in [0.3, 0.4) is 0 Å². The van der Waals surface area contributed by atoms with Crippen molar-refractivity contribution in [1.29, 1.82) is 0 Å². The summed E-state index contributed by atoms with van der Waals surface area (Å²) < 4.78 is 12.7. The first-order valence-corrected chi connectivity index (χ1v) is 4.31. The molecule has 0 radical (unpaired) electrons. The fraction of sp³-hybridized carbons (Fsp3) is 0.0909. The van der Waals surface area contributed by atoms with Gasteiger partial charge in [0, 0.05) is 18.0 Å². The molecule has 2 rings (SSSR count). The van der Waals surface area contributed by atoms with Gasteiger partial charge in [0.25, 0.3) is 0 Å². The molecule has 0 amide bonds. The molecule has 0 N–H and O–H groups in total. The fourth-order valence-electron chi connectivity index (χ4n) is 1.31. The van der Waals surface area contributed by atoms with Gasteiger partial charge in [0.2, 0.25) is 5.95 Å². The third-order valence-electron chi connectivity index (χ3n) is 2.02. The van der Waals surface area contributed by atoms with E-state index >= 15 is 0 Å². The Bertz CT molecular complexity index is 440. The van der Waals surface area contributed by atoms with Gasteiger partial charge >= 0.3 is 0 Å². The van der Waals surface area contributed by atoms with Crippen molar-refractivity contribution in [3.05, 3.63) is 48.2 Å². The van der Waals surface area contributed by atoms with E-state index in [1.54, 1.807) is 6.20 Å². The molecule has 2 nitrogen and oxygen atoms in total. The summed E-state index contributed by atoms with van der Waals surface area (Å²) in [5.74, 6) is -0.456. The monoisotopic (exact) mass is 188 g/mol. The molecule has 0 spiro atoms. The number of nitrogens with zero attached hydrogens (tertiary/aromatic N) is 2. The maximum atomic E-state index is 12.7. The van der Waals surface area contributed by atoms with Crippen LogP contribution in [0.2, 0.25) is 0 Å². The van der Waals surface area contributed by atoms with Crippen LogP contribution in [-0.2, 0) is 0 Å². The summed E-state index contributed by atoms with van der Waals surface area (Å²) in [4.78, 5) is 7.79. The van der Waals surface area contributed by atoms with Gasteiger partial charge in [-0.1, -0.05) is 6.07 Å². The number of rotatable bonds is 1. The summed E-state index contributed by atoms with van der Waals surface area (Å²) in [5.41, 5.74) is 2.53. The predicted molar refractivity (Wildman–Crippen MR) is 52.2 cm³/mol. The molecule has 0 aliphatic heterocycles. The van der Waals surface area contributed by atoms with Crippen LogP contribution in [0.1, 0.15) is 5.56 Å². The molecule has 0 aliphatic carbocycles. The predicted octanol–water partition coefficient (Wildman–Crippen LogP) is 2.59. The van der Waals surface area contributed by atoms with Crippen molar-refractivity contribution in [2.45, 2.75) is 6.92 Å². The van der Waals surface area contributed by atoms with E-state index in [1.165, 1.54) is 12.3 Å². The van der Waals surface area contributed by atoms with Gasteiger partial charge in [-0.3, -0.25) is 4.98 Å². The van der Waals surface area contributed by atoms with Crippen molar-refractivity contribution in [3.63, 3.8) is 0 Å². The number of hydrogen-bond donors (Lipinski definition) is 0. The van der Waals surface area contributed by atoms with Crippen LogP contribution >= 0.6 is 0 Å². The average Bonchev–Trinajstić information content (AvgIpc) is 2.19. The Balaban J connectivity index is 2.53. The SMILES string of the molecule is Cc1cc(F)ncc1-c1ccccn1. The highest BCUT2D eigenvalue weighted by molar-refractivity contribution is 5.61. The van der Waals surface area contributed by atoms with Gasteiger partial charge < -0.3 is 0 Å². The molecular formula is C11H9FN2. The Morgan fingerprint density at radius 2 is 2.07 bits per heavy atom. The van der Waals surface area contributed by atoms with Crippen LogP contribution in [0, 0.1) is 12.9 Å². The molecule has 2 heterocycles. The first-order chi connectivity index (χ1) is 6.77. The van der Waals surface area contributed by atoms with Gasteiger partial charge in [0.15, 0.2) is 0 Å². The second kappa shape index (κ2) is 3.54. The molecule has 0 unspecified atom stereocenters. The molecule has 0 saturated heterocycles. The summed E-state index contributed by atoms with van der Waals surface area (Å²) >= 11 is 0. The second-order valence-corrected chi connectivity index (χ2v) is 3.04. The summed E-state index contributed by atoms with van der Waals surface area (Å²) in [5, 5.41) is 0. The lowest BCUT2D eigenvalue weighted by Crippen LogP contribution is -1.90. The van der Waals surface area contributed by atoms with Crippen LogP contribution in [0.5, 0.6) is 0 Å². The molecule has 0 aliphatic rings. The molecule has 0 bridgehead atoms. The lowest BCUT2D eigenvalue weighted by Gasteiger charge is -2.03. The molecule has 0 atom stereocenters. The Kier molecular flexibility index (Phi) is 2.23. The molecule has 2 aromatic rings. The Labute approximate surface area is 81.5 Å². The topological polar surface area (TPSA) is 25.8 Å². The van der Waals surface area contributed by atoms with Crippen molar-refractivity contribution < 1.29 is 4.39 Å². The van der Waals surface area contributed by atoms with E-state index in [9.17, 15) is 4.39 Å². The lowest BCUT2D eigenvalue weighted by atomic mass is 10.1. The minimum absolute atomic E-state index is 0.456. The van der Waals surface area contributed by atoms with E-state index < -0.39 is 5.95 Å². The summed E-state index contributed by atoms with van der Waals surface area (Å²) in [6, 6.07) is 7.02. The Morgan fingerprint density at radius 3 is 2.71 bits per heavy atom. The van der Waals surface area contributed by atoms with E-state index in [0.29, 0.717) is 0 Å². The zero-order chi connectivity index (χ0) is 9.97. The highest BCUT2D eigenvalue weighted by atomic mass is 19.1. The van der Waals surface area contributed by atoms with Gasteiger partial charge in [0.05, 0.1) is 5.69 Å². The van der Waals surface area contributed by atoms with Crippen LogP contribution in [0.15, 0.2) is 36.7 Å². The maximum Gasteiger partial charge on any atom is 0.213 e. The van der Waals surface area contributed by atoms with Crippen LogP contribution in [0.25, 0.3) is 11.3 Å². The van der Waals surface area contributed by atoms with Crippen LogP contribution in [-0.4, -0.2) is 9.97 Å². The van der Waals surface area contributed by atoms with Crippen LogP contribution in [0.4, 0.5) is 4.39 Å². The summed E-state index contributed by atoms with van der Waals surface area (Å²) in [6.07, 6.45) is 3.21. The van der Waals surface area contributed by atoms with Gasteiger partial charge in [-0.25, -0.2) is 4.98 Å². The molecule has 2 aromatic heterocycles. The first-order valence-electron chi connectivity index (χ1n) is 4.31. The van der Waals surface area contributed by atoms with E-state index in [0.717, 1.165) is 16.8 Å². The van der Waals surface area contributed by atoms with E-state index in [1.807, 2.05) is 25.1 Å². The zero-order valence-corrected chi connectivity index (χ0v) is 7.74. The number of pyridine rings is 2. The smallest absolute Gasteiger partial charge is 0.213 e. The van der Waals surface area contributed by atoms with Gasteiger partial charge in [0.1, 0.15) is 0 Å². The number of hydrogen-bond acceptors (Lipinski definition) is 2. The molecule has 0 aromatic carbocycles. The summed E-state index contributed by atoms with van der Waals surface area (Å²) in [6.45, 7) is 1.84. The highest BCUT2D eigenvalue weighted by Crippen LogP contribution is 2.19. The largest absolute Gasteiger partial charge is 0.256 e. The number of aryl methyl sites for hydroxylation is 1. The third-order valence-corrected chi connectivity index (χ3v) is 2.02. The molecular weight excluding hydrogens is 179 g/mol. The van der Waals surface area contributed by atoms with E-state index in [2.05, 4.69) is 9.97 Å². The normalized spacial score (nSPS) is 10.1.